The molecule has 0 aliphatic carbocycles. The number of hydrogen-bond acceptors (Lipinski definition) is 4. The summed E-state index contributed by atoms with van der Waals surface area (Å²) in [4.78, 5) is 0.0941. The van der Waals surface area contributed by atoms with Crippen molar-refractivity contribution >= 4 is 27.3 Å². The number of anilines is 1. The van der Waals surface area contributed by atoms with E-state index < -0.39 is 10.0 Å². The molecule has 2 aromatic carbocycles. The molecule has 0 aliphatic rings. The molecule has 0 aromatic heterocycles. The van der Waals surface area contributed by atoms with Crippen molar-refractivity contribution in [2.75, 3.05) is 25.6 Å². The predicted molar refractivity (Wildman–Crippen MR) is 86.6 cm³/mol. The molecule has 22 heavy (non-hydrogen) atoms. The van der Waals surface area contributed by atoms with E-state index in [1.54, 1.807) is 31.4 Å². The van der Waals surface area contributed by atoms with Crippen molar-refractivity contribution in [2.45, 2.75) is 4.90 Å². The first-order valence-electron chi connectivity index (χ1n) is 6.36. The van der Waals surface area contributed by atoms with E-state index in [0.29, 0.717) is 17.2 Å². The average molecular weight is 342 g/mol. The Morgan fingerprint density at radius 3 is 2.14 bits per heavy atom. The highest BCUT2D eigenvalue weighted by Crippen LogP contribution is 2.30. The van der Waals surface area contributed by atoms with Gasteiger partial charge in [0.2, 0.25) is 0 Å². The molecule has 2 aromatic rings. The lowest BCUT2D eigenvalue weighted by Gasteiger charge is -2.20. The number of hydrogen-bond donors (Lipinski definition) is 0. The molecule has 0 bridgehead atoms. The van der Waals surface area contributed by atoms with E-state index in [4.69, 9.17) is 21.1 Å². The molecule has 0 spiro atoms. The number of sulfonamides is 1. The summed E-state index contributed by atoms with van der Waals surface area (Å²) < 4.78 is 36.5. The van der Waals surface area contributed by atoms with Gasteiger partial charge in [-0.3, -0.25) is 4.31 Å². The quantitative estimate of drug-likeness (QED) is 0.838. The smallest absolute Gasteiger partial charge is 0.264 e. The highest BCUT2D eigenvalue weighted by molar-refractivity contribution is 7.92. The topological polar surface area (TPSA) is 55.8 Å². The number of methoxy groups -OCH3 is 2. The Morgan fingerprint density at radius 2 is 1.64 bits per heavy atom. The van der Waals surface area contributed by atoms with Gasteiger partial charge in [-0.05, 0) is 42.5 Å². The Balaban J connectivity index is 2.37. The number of benzene rings is 2. The van der Waals surface area contributed by atoms with Crippen molar-refractivity contribution in [1.29, 1.82) is 0 Å². The Morgan fingerprint density at radius 1 is 1.00 bits per heavy atom. The largest absolute Gasteiger partial charge is 0.497 e. The highest BCUT2D eigenvalue weighted by atomic mass is 35.5. The first-order chi connectivity index (χ1) is 10.4. The van der Waals surface area contributed by atoms with Crippen LogP contribution in [0.3, 0.4) is 0 Å². The maximum Gasteiger partial charge on any atom is 0.264 e. The van der Waals surface area contributed by atoms with E-state index >= 15 is 0 Å². The molecule has 2 rings (SSSR count). The highest BCUT2D eigenvalue weighted by Gasteiger charge is 2.22. The van der Waals surface area contributed by atoms with Crippen LogP contribution in [0.15, 0.2) is 47.4 Å². The normalized spacial score (nSPS) is 11.1. The van der Waals surface area contributed by atoms with Crippen molar-refractivity contribution in [3.63, 3.8) is 0 Å². The monoisotopic (exact) mass is 341 g/mol. The number of nitrogens with zero attached hydrogens (tertiary/aromatic N) is 1. The molecule has 0 aliphatic heterocycles. The molecule has 0 unspecified atom stereocenters. The second-order valence-electron chi connectivity index (χ2n) is 4.47. The Kier molecular flexibility index (Phi) is 4.83. The van der Waals surface area contributed by atoms with Crippen molar-refractivity contribution in [2.24, 2.45) is 0 Å². The van der Waals surface area contributed by atoms with Crippen LogP contribution < -0.4 is 13.8 Å². The van der Waals surface area contributed by atoms with E-state index in [1.165, 1.54) is 36.7 Å². The summed E-state index contributed by atoms with van der Waals surface area (Å²) in [6.07, 6.45) is 0. The standard InChI is InChI=1S/C15H16ClNO4S/c1-17(11-4-6-12(20-2)7-5-11)22(18,19)13-8-9-15(21-3)14(16)10-13/h4-10H,1-3H3. The van der Waals surface area contributed by atoms with Gasteiger partial charge in [-0.15, -0.1) is 0 Å². The predicted octanol–water partition coefficient (Wildman–Crippen LogP) is 3.18. The van der Waals surface area contributed by atoms with Crippen molar-refractivity contribution in [3.05, 3.63) is 47.5 Å². The van der Waals surface area contributed by atoms with E-state index in [-0.39, 0.29) is 9.92 Å². The molecule has 0 atom stereocenters. The second kappa shape index (κ2) is 6.46. The lowest BCUT2D eigenvalue weighted by molar-refractivity contribution is 0.414. The fourth-order valence-electron chi connectivity index (χ4n) is 1.90. The molecule has 5 nitrogen and oxygen atoms in total. The third-order valence-electron chi connectivity index (χ3n) is 3.22. The minimum absolute atomic E-state index is 0.0941. The summed E-state index contributed by atoms with van der Waals surface area (Å²) in [6.45, 7) is 0. The van der Waals surface area contributed by atoms with E-state index in [2.05, 4.69) is 0 Å². The summed E-state index contributed by atoms with van der Waals surface area (Å²) in [5.41, 5.74) is 0.521. The first-order valence-corrected chi connectivity index (χ1v) is 8.18. The average Bonchev–Trinajstić information content (AvgIpc) is 2.54. The molecule has 0 fully saturated rings. The third-order valence-corrected chi connectivity index (χ3v) is 5.29. The third kappa shape index (κ3) is 3.13. The van der Waals surface area contributed by atoms with Gasteiger partial charge in [0.05, 0.1) is 29.8 Å². The molecule has 0 saturated carbocycles. The van der Waals surface area contributed by atoms with Crippen LogP contribution in [0.2, 0.25) is 5.02 Å². The first kappa shape index (κ1) is 16.5. The maximum atomic E-state index is 12.6. The fourth-order valence-corrected chi connectivity index (χ4v) is 3.44. The summed E-state index contributed by atoms with van der Waals surface area (Å²) in [6, 6.07) is 11.1. The van der Waals surface area contributed by atoms with Gasteiger partial charge >= 0.3 is 0 Å². The zero-order chi connectivity index (χ0) is 16.3. The van der Waals surface area contributed by atoms with Gasteiger partial charge in [-0.25, -0.2) is 8.42 Å². The van der Waals surface area contributed by atoms with E-state index in [1.807, 2.05) is 0 Å². The van der Waals surface area contributed by atoms with Gasteiger partial charge in [0, 0.05) is 7.05 Å². The number of ether oxygens (including phenoxy) is 2. The van der Waals surface area contributed by atoms with Crippen LogP contribution in [0, 0.1) is 0 Å². The Labute approximate surface area is 135 Å². The van der Waals surface area contributed by atoms with Crippen LogP contribution >= 0.6 is 11.6 Å². The molecule has 7 heteroatoms. The number of halogens is 1. The molecule has 0 heterocycles. The van der Waals surface area contributed by atoms with Gasteiger partial charge in [-0.1, -0.05) is 11.6 Å². The van der Waals surface area contributed by atoms with Gasteiger partial charge < -0.3 is 9.47 Å². The van der Waals surface area contributed by atoms with E-state index in [0.717, 1.165) is 0 Å². The molecule has 0 amide bonds. The molecule has 0 radical (unpaired) electrons. The summed E-state index contributed by atoms with van der Waals surface area (Å²) in [5.74, 6) is 1.08. The second-order valence-corrected chi connectivity index (χ2v) is 6.84. The zero-order valence-corrected chi connectivity index (χ0v) is 14.0. The van der Waals surface area contributed by atoms with Crippen LogP contribution in [0.5, 0.6) is 11.5 Å². The van der Waals surface area contributed by atoms with Gasteiger partial charge in [0.1, 0.15) is 11.5 Å². The lowest BCUT2D eigenvalue weighted by Crippen LogP contribution is -2.26. The van der Waals surface area contributed by atoms with Crippen LogP contribution in [-0.4, -0.2) is 29.7 Å². The summed E-state index contributed by atoms with van der Waals surface area (Å²) >= 11 is 6.00. The van der Waals surface area contributed by atoms with Crippen LogP contribution in [0.25, 0.3) is 0 Å². The summed E-state index contributed by atoms with van der Waals surface area (Å²) in [7, 11) is 0.796. The molecular weight excluding hydrogens is 326 g/mol. The SMILES string of the molecule is COc1ccc(N(C)S(=O)(=O)c2ccc(OC)c(Cl)c2)cc1. The van der Waals surface area contributed by atoms with Crippen molar-refractivity contribution in [1.82, 2.24) is 0 Å². The van der Waals surface area contributed by atoms with Crippen molar-refractivity contribution < 1.29 is 17.9 Å². The Bertz CT molecular complexity index is 760. The van der Waals surface area contributed by atoms with Gasteiger partial charge in [0.25, 0.3) is 10.0 Å². The Hall–Kier alpha value is -1.92. The van der Waals surface area contributed by atoms with Gasteiger partial charge in [-0.2, -0.15) is 0 Å². The lowest BCUT2D eigenvalue weighted by atomic mass is 10.3. The minimum atomic E-state index is -3.71. The van der Waals surface area contributed by atoms with Crippen LogP contribution in [0.1, 0.15) is 0 Å². The molecule has 0 saturated heterocycles. The zero-order valence-electron chi connectivity index (χ0n) is 12.4. The number of rotatable bonds is 5. The van der Waals surface area contributed by atoms with Crippen molar-refractivity contribution in [3.8, 4) is 11.5 Å². The molecule has 118 valence electrons. The fraction of sp³-hybridized carbons (Fsp3) is 0.200. The molecule has 0 N–H and O–H groups in total. The molecular formula is C15H16ClNO4S. The van der Waals surface area contributed by atoms with Crippen LogP contribution in [0.4, 0.5) is 5.69 Å². The maximum absolute atomic E-state index is 12.6. The van der Waals surface area contributed by atoms with E-state index in [9.17, 15) is 8.42 Å². The summed E-state index contributed by atoms with van der Waals surface area (Å²) in [5, 5.41) is 0.242. The minimum Gasteiger partial charge on any atom is -0.497 e. The van der Waals surface area contributed by atoms with Crippen LogP contribution in [-0.2, 0) is 10.0 Å². The van der Waals surface area contributed by atoms with Gasteiger partial charge in [0.15, 0.2) is 0 Å².